The Balaban J connectivity index is 0.000000531. The molecule has 0 radical (unpaired) electrons. The van der Waals surface area contributed by atoms with Crippen molar-refractivity contribution in [3.8, 4) is 0 Å². The number of hydrogen-bond donors (Lipinski definition) is 0. The van der Waals surface area contributed by atoms with Crippen molar-refractivity contribution in [3.63, 3.8) is 0 Å². The summed E-state index contributed by atoms with van der Waals surface area (Å²) in [6, 6.07) is 4.27. The Kier molecular flexibility index (Phi) is 3.89. The minimum Gasteiger partial charge on any atom is -0.347 e. The Morgan fingerprint density at radius 2 is 1.93 bits per heavy atom. The summed E-state index contributed by atoms with van der Waals surface area (Å²) in [5, 5.41) is 1.23. The number of fused-ring (bicyclic) bond motifs is 1. The highest BCUT2D eigenvalue weighted by atomic mass is 15.0. The maximum atomic E-state index is 4.11. The summed E-state index contributed by atoms with van der Waals surface area (Å²) >= 11 is 0. The van der Waals surface area contributed by atoms with Crippen LogP contribution in [0.2, 0.25) is 0 Å². The van der Waals surface area contributed by atoms with Crippen LogP contribution < -0.4 is 0 Å². The summed E-state index contributed by atoms with van der Waals surface area (Å²) in [5.41, 5.74) is 2.63. The van der Waals surface area contributed by atoms with E-state index in [1.54, 1.807) is 0 Å². The van der Waals surface area contributed by atoms with Crippen LogP contribution in [0.25, 0.3) is 10.9 Å². The first kappa shape index (κ1) is 11.8. The van der Waals surface area contributed by atoms with Crippen LogP contribution in [0.1, 0.15) is 39.3 Å². The van der Waals surface area contributed by atoms with Crippen LogP contribution >= 0.6 is 0 Å². The molecule has 0 amide bonds. The van der Waals surface area contributed by atoms with Crippen molar-refractivity contribution in [2.75, 3.05) is 0 Å². The number of rotatable bonds is 1. The molecular formula is C13H20N2. The van der Waals surface area contributed by atoms with Gasteiger partial charge in [-0.1, -0.05) is 27.7 Å². The first-order valence-corrected chi connectivity index (χ1v) is 5.59. The van der Waals surface area contributed by atoms with Crippen LogP contribution in [0.4, 0.5) is 0 Å². The van der Waals surface area contributed by atoms with Crippen molar-refractivity contribution in [1.82, 2.24) is 9.55 Å². The number of nitrogens with zero attached hydrogens (tertiary/aromatic N) is 2. The molecule has 0 saturated heterocycles. The molecule has 2 heterocycles. The molecule has 0 aliphatic heterocycles. The Morgan fingerprint density at radius 3 is 2.47 bits per heavy atom. The lowest BCUT2D eigenvalue weighted by molar-refractivity contribution is 0.755. The standard InChI is InChI=1S/C11H14N2.C2H6/c1-8(2)11-6-9-7-12-5-4-10(9)13(11)3;1-2/h4-8H,1-3H3;1-2H3. The van der Waals surface area contributed by atoms with Gasteiger partial charge in [0, 0.05) is 30.5 Å². The van der Waals surface area contributed by atoms with Crippen LogP contribution in [0.15, 0.2) is 24.5 Å². The molecule has 2 rings (SSSR count). The molecule has 0 N–H and O–H groups in total. The van der Waals surface area contributed by atoms with E-state index in [1.165, 1.54) is 16.6 Å². The SMILES string of the molecule is CC.CC(C)c1cc2cnccc2n1C. The second-order valence-electron chi connectivity index (χ2n) is 3.72. The van der Waals surface area contributed by atoms with Gasteiger partial charge in [0.05, 0.1) is 5.52 Å². The molecule has 2 nitrogen and oxygen atoms in total. The summed E-state index contributed by atoms with van der Waals surface area (Å²) < 4.78 is 2.24. The Morgan fingerprint density at radius 1 is 1.27 bits per heavy atom. The molecule has 2 aromatic rings. The molecule has 2 heteroatoms. The van der Waals surface area contributed by atoms with Crippen LogP contribution in [0.3, 0.4) is 0 Å². The maximum absolute atomic E-state index is 4.11. The van der Waals surface area contributed by atoms with E-state index in [-0.39, 0.29) is 0 Å². The third-order valence-corrected chi connectivity index (χ3v) is 2.47. The zero-order chi connectivity index (χ0) is 11.4. The Hall–Kier alpha value is -1.31. The van der Waals surface area contributed by atoms with Crippen LogP contribution in [-0.2, 0) is 7.05 Å². The van der Waals surface area contributed by atoms with Crippen molar-refractivity contribution in [2.24, 2.45) is 7.05 Å². The van der Waals surface area contributed by atoms with Gasteiger partial charge < -0.3 is 4.57 Å². The minimum atomic E-state index is 0.567. The lowest BCUT2D eigenvalue weighted by Gasteiger charge is -2.06. The Labute approximate surface area is 91.9 Å². The van der Waals surface area contributed by atoms with Crippen molar-refractivity contribution < 1.29 is 0 Å². The zero-order valence-electron chi connectivity index (χ0n) is 10.3. The third kappa shape index (κ3) is 2.20. The molecule has 0 fully saturated rings. The van der Waals surface area contributed by atoms with Crippen LogP contribution in [-0.4, -0.2) is 9.55 Å². The van der Waals surface area contributed by atoms with E-state index in [2.05, 4.69) is 42.6 Å². The summed E-state index contributed by atoms with van der Waals surface area (Å²) in [4.78, 5) is 4.11. The molecule has 0 spiro atoms. The van der Waals surface area contributed by atoms with Crippen molar-refractivity contribution in [1.29, 1.82) is 0 Å². The summed E-state index contributed by atoms with van der Waals surface area (Å²) in [5.74, 6) is 0.567. The number of pyridine rings is 1. The second kappa shape index (κ2) is 4.96. The molecule has 82 valence electrons. The predicted octanol–water partition coefficient (Wildman–Crippen LogP) is 3.72. The van der Waals surface area contributed by atoms with Crippen molar-refractivity contribution in [3.05, 3.63) is 30.2 Å². The predicted molar refractivity (Wildman–Crippen MR) is 66.2 cm³/mol. The fourth-order valence-electron chi connectivity index (χ4n) is 1.77. The molecule has 0 bridgehead atoms. The molecule has 15 heavy (non-hydrogen) atoms. The molecule has 0 unspecified atom stereocenters. The van der Waals surface area contributed by atoms with Gasteiger partial charge in [0.2, 0.25) is 0 Å². The highest BCUT2D eigenvalue weighted by Crippen LogP contribution is 2.22. The molecule has 2 aromatic heterocycles. The van der Waals surface area contributed by atoms with Gasteiger partial charge in [-0.2, -0.15) is 0 Å². The average molecular weight is 204 g/mol. The van der Waals surface area contributed by atoms with Gasteiger partial charge in [0.1, 0.15) is 0 Å². The first-order chi connectivity index (χ1) is 7.20. The molecule has 0 atom stereocenters. The monoisotopic (exact) mass is 204 g/mol. The minimum absolute atomic E-state index is 0.567. The summed E-state index contributed by atoms with van der Waals surface area (Å²) in [6.45, 7) is 8.42. The van der Waals surface area contributed by atoms with E-state index >= 15 is 0 Å². The largest absolute Gasteiger partial charge is 0.347 e. The quantitative estimate of drug-likeness (QED) is 0.692. The van der Waals surface area contributed by atoms with Gasteiger partial charge in [0.25, 0.3) is 0 Å². The lowest BCUT2D eigenvalue weighted by Crippen LogP contribution is -1.97. The van der Waals surface area contributed by atoms with E-state index in [0.29, 0.717) is 5.92 Å². The van der Waals surface area contributed by atoms with E-state index in [4.69, 9.17) is 0 Å². The lowest BCUT2D eigenvalue weighted by atomic mass is 10.1. The van der Waals surface area contributed by atoms with E-state index < -0.39 is 0 Å². The van der Waals surface area contributed by atoms with Gasteiger partial charge in [-0.15, -0.1) is 0 Å². The highest BCUT2D eigenvalue weighted by molar-refractivity contribution is 5.80. The van der Waals surface area contributed by atoms with E-state index in [9.17, 15) is 0 Å². The normalized spacial score (nSPS) is 10.3. The second-order valence-corrected chi connectivity index (χ2v) is 3.72. The van der Waals surface area contributed by atoms with Crippen LogP contribution in [0, 0.1) is 0 Å². The number of hydrogen-bond acceptors (Lipinski definition) is 1. The van der Waals surface area contributed by atoms with Crippen LogP contribution in [0.5, 0.6) is 0 Å². The van der Waals surface area contributed by atoms with Gasteiger partial charge in [-0.3, -0.25) is 4.98 Å². The third-order valence-electron chi connectivity index (χ3n) is 2.47. The summed E-state index contributed by atoms with van der Waals surface area (Å²) in [6.07, 6.45) is 3.76. The maximum Gasteiger partial charge on any atom is 0.0511 e. The topological polar surface area (TPSA) is 17.8 Å². The van der Waals surface area contributed by atoms with Gasteiger partial charge in [-0.05, 0) is 18.1 Å². The van der Waals surface area contributed by atoms with Gasteiger partial charge in [-0.25, -0.2) is 0 Å². The first-order valence-electron chi connectivity index (χ1n) is 5.59. The van der Waals surface area contributed by atoms with E-state index in [1.807, 2.05) is 26.2 Å². The molecule has 0 saturated carbocycles. The summed E-state index contributed by atoms with van der Waals surface area (Å²) in [7, 11) is 2.11. The Bertz CT molecular complexity index is 427. The van der Waals surface area contributed by atoms with Crippen molar-refractivity contribution >= 4 is 10.9 Å². The smallest absolute Gasteiger partial charge is 0.0511 e. The number of aromatic nitrogens is 2. The van der Waals surface area contributed by atoms with Crippen molar-refractivity contribution in [2.45, 2.75) is 33.6 Å². The molecule has 0 aromatic carbocycles. The average Bonchev–Trinajstić information content (AvgIpc) is 2.60. The highest BCUT2D eigenvalue weighted by Gasteiger charge is 2.07. The van der Waals surface area contributed by atoms with E-state index in [0.717, 1.165) is 0 Å². The fraction of sp³-hybridized carbons (Fsp3) is 0.462. The van der Waals surface area contributed by atoms with Gasteiger partial charge in [0.15, 0.2) is 0 Å². The molecular weight excluding hydrogens is 184 g/mol. The zero-order valence-corrected chi connectivity index (χ0v) is 10.3. The fourth-order valence-corrected chi connectivity index (χ4v) is 1.77. The van der Waals surface area contributed by atoms with Gasteiger partial charge >= 0.3 is 0 Å². The molecule has 0 aliphatic rings. The molecule has 0 aliphatic carbocycles. The number of aryl methyl sites for hydroxylation is 1.